The Hall–Kier alpha value is -2.20. The van der Waals surface area contributed by atoms with Crippen molar-refractivity contribution in [2.45, 2.75) is 26.3 Å². The lowest BCUT2D eigenvalue weighted by Gasteiger charge is -2.13. The summed E-state index contributed by atoms with van der Waals surface area (Å²) >= 11 is 0. The van der Waals surface area contributed by atoms with Gasteiger partial charge in [0.05, 0.1) is 11.0 Å². The molecule has 0 radical (unpaired) electrons. The first-order valence-corrected chi connectivity index (χ1v) is 7.15. The van der Waals surface area contributed by atoms with Gasteiger partial charge in [0.2, 0.25) is 0 Å². The van der Waals surface area contributed by atoms with Crippen LogP contribution in [0.5, 0.6) is 0 Å². The lowest BCUT2D eigenvalue weighted by molar-refractivity contribution is 0.662. The topological polar surface area (TPSA) is 56.7 Å². The Morgan fingerprint density at radius 2 is 1.76 bits per heavy atom. The molecular weight excluding hydrogens is 260 g/mol. The molecule has 1 atom stereocenters. The van der Waals surface area contributed by atoms with Crippen LogP contribution >= 0.6 is 0 Å². The van der Waals surface area contributed by atoms with Crippen LogP contribution in [0.25, 0.3) is 11.0 Å². The Labute approximate surface area is 124 Å². The molecule has 0 fully saturated rings. The van der Waals surface area contributed by atoms with E-state index >= 15 is 0 Å². The number of hydrogen-bond acceptors (Lipinski definition) is 3. The third-order valence-corrected chi connectivity index (χ3v) is 3.81. The van der Waals surface area contributed by atoms with Gasteiger partial charge in [0.1, 0.15) is 5.82 Å². The maximum atomic E-state index is 6.37. The Balaban J connectivity index is 1.92. The predicted molar refractivity (Wildman–Crippen MR) is 85.1 cm³/mol. The average molecular weight is 280 g/mol. The Morgan fingerprint density at radius 3 is 2.43 bits per heavy atom. The number of benzene rings is 1. The average Bonchev–Trinajstić information content (AvgIpc) is 2.75. The third kappa shape index (κ3) is 2.67. The second kappa shape index (κ2) is 5.30. The van der Waals surface area contributed by atoms with Crippen LogP contribution < -0.4 is 5.73 Å². The van der Waals surface area contributed by atoms with Crippen LogP contribution in [0.3, 0.4) is 0 Å². The van der Waals surface area contributed by atoms with Gasteiger partial charge in [-0.3, -0.25) is 4.98 Å². The van der Waals surface area contributed by atoms with Crippen LogP contribution in [-0.2, 0) is 13.5 Å². The number of aromatic nitrogens is 3. The SMILES string of the molecule is Cc1cc(C(N)Cc2nc3ccccc3n2C)cc(C)n1. The number of aryl methyl sites for hydroxylation is 3. The van der Waals surface area contributed by atoms with Crippen LogP contribution in [0.1, 0.15) is 28.8 Å². The molecule has 0 aliphatic carbocycles. The quantitative estimate of drug-likeness (QED) is 0.802. The lowest BCUT2D eigenvalue weighted by atomic mass is 10.0. The van der Waals surface area contributed by atoms with Crippen LogP contribution in [0.2, 0.25) is 0 Å². The molecule has 3 aromatic rings. The number of rotatable bonds is 3. The highest BCUT2D eigenvalue weighted by Gasteiger charge is 2.14. The Morgan fingerprint density at radius 1 is 1.10 bits per heavy atom. The van der Waals surface area contributed by atoms with Gasteiger partial charge in [-0.05, 0) is 43.7 Å². The second-order valence-corrected chi connectivity index (χ2v) is 5.57. The molecule has 0 bridgehead atoms. The van der Waals surface area contributed by atoms with Crippen molar-refractivity contribution in [2.75, 3.05) is 0 Å². The van der Waals surface area contributed by atoms with E-state index in [1.807, 2.05) is 39.1 Å². The summed E-state index contributed by atoms with van der Waals surface area (Å²) in [5, 5.41) is 0. The number of para-hydroxylation sites is 2. The molecule has 4 nitrogen and oxygen atoms in total. The fourth-order valence-electron chi connectivity index (χ4n) is 2.77. The van der Waals surface area contributed by atoms with Crippen molar-refractivity contribution in [3.05, 3.63) is 59.2 Å². The van der Waals surface area contributed by atoms with E-state index in [4.69, 9.17) is 5.73 Å². The van der Waals surface area contributed by atoms with Crippen molar-refractivity contribution in [3.8, 4) is 0 Å². The highest BCUT2D eigenvalue weighted by molar-refractivity contribution is 5.75. The molecular formula is C17H20N4. The minimum Gasteiger partial charge on any atom is -0.331 e. The largest absolute Gasteiger partial charge is 0.331 e. The summed E-state index contributed by atoms with van der Waals surface area (Å²) in [6, 6.07) is 12.2. The molecule has 2 N–H and O–H groups in total. The molecule has 0 saturated carbocycles. The van der Waals surface area contributed by atoms with Gasteiger partial charge in [0.15, 0.2) is 0 Å². The van der Waals surface area contributed by atoms with Crippen LogP contribution in [0.4, 0.5) is 0 Å². The summed E-state index contributed by atoms with van der Waals surface area (Å²) < 4.78 is 2.12. The standard InChI is InChI=1S/C17H20N4/c1-11-8-13(9-12(2)19-11)14(18)10-17-20-15-6-4-5-7-16(15)21(17)3/h4-9,14H,10,18H2,1-3H3. The van der Waals surface area contributed by atoms with Gasteiger partial charge >= 0.3 is 0 Å². The van der Waals surface area contributed by atoms with E-state index in [0.717, 1.165) is 33.8 Å². The summed E-state index contributed by atoms with van der Waals surface area (Å²) in [5.41, 5.74) is 11.7. The molecule has 4 heteroatoms. The fraction of sp³-hybridized carbons (Fsp3) is 0.294. The normalized spacial score (nSPS) is 12.8. The molecule has 2 aromatic heterocycles. The second-order valence-electron chi connectivity index (χ2n) is 5.57. The molecule has 108 valence electrons. The smallest absolute Gasteiger partial charge is 0.111 e. The molecule has 3 rings (SSSR count). The summed E-state index contributed by atoms with van der Waals surface area (Å²) in [5.74, 6) is 1.01. The zero-order valence-electron chi connectivity index (χ0n) is 12.7. The van der Waals surface area contributed by atoms with E-state index in [0.29, 0.717) is 6.42 Å². The fourth-order valence-corrected chi connectivity index (χ4v) is 2.77. The van der Waals surface area contributed by atoms with Crippen molar-refractivity contribution in [3.63, 3.8) is 0 Å². The number of fused-ring (bicyclic) bond motifs is 1. The van der Waals surface area contributed by atoms with Gasteiger partial charge in [0, 0.05) is 30.9 Å². The zero-order valence-corrected chi connectivity index (χ0v) is 12.7. The predicted octanol–water partition coefficient (Wildman–Crippen LogP) is 2.83. The number of nitrogens with two attached hydrogens (primary N) is 1. The first kappa shape index (κ1) is 13.8. The highest BCUT2D eigenvalue weighted by atomic mass is 15.1. The molecule has 1 unspecified atom stereocenters. The maximum Gasteiger partial charge on any atom is 0.111 e. The molecule has 0 aliphatic rings. The van der Waals surface area contributed by atoms with Crippen molar-refractivity contribution in [1.82, 2.24) is 14.5 Å². The summed E-state index contributed by atoms with van der Waals surface area (Å²) in [6.45, 7) is 4.00. The summed E-state index contributed by atoms with van der Waals surface area (Å²) in [6.07, 6.45) is 0.716. The molecule has 0 aliphatic heterocycles. The van der Waals surface area contributed by atoms with E-state index in [1.54, 1.807) is 0 Å². The first-order chi connectivity index (χ1) is 10.0. The monoisotopic (exact) mass is 280 g/mol. The summed E-state index contributed by atoms with van der Waals surface area (Å²) in [7, 11) is 2.04. The van der Waals surface area contributed by atoms with Gasteiger partial charge in [-0.1, -0.05) is 12.1 Å². The molecule has 21 heavy (non-hydrogen) atoms. The first-order valence-electron chi connectivity index (χ1n) is 7.15. The molecule has 0 spiro atoms. The van der Waals surface area contributed by atoms with E-state index in [9.17, 15) is 0 Å². The number of hydrogen-bond donors (Lipinski definition) is 1. The van der Waals surface area contributed by atoms with Crippen molar-refractivity contribution in [2.24, 2.45) is 12.8 Å². The zero-order chi connectivity index (χ0) is 15.0. The number of imidazole rings is 1. The summed E-state index contributed by atoms with van der Waals surface area (Å²) in [4.78, 5) is 9.09. The van der Waals surface area contributed by atoms with Gasteiger partial charge in [0.25, 0.3) is 0 Å². The van der Waals surface area contributed by atoms with Crippen molar-refractivity contribution >= 4 is 11.0 Å². The molecule has 0 saturated heterocycles. The number of nitrogens with zero attached hydrogens (tertiary/aromatic N) is 3. The molecule has 1 aromatic carbocycles. The van der Waals surface area contributed by atoms with Crippen molar-refractivity contribution < 1.29 is 0 Å². The highest BCUT2D eigenvalue weighted by Crippen LogP contribution is 2.20. The molecule has 2 heterocycles. The Bertz CT molecular complexity index is 768. The minimum absolute atomic E-state index is 0.0686. The van der Waals surface area contributed by atoms with E-state index < -0.39 is 0 Å². The van der Waals surface area contributed by atoms with Gasteiger partial charge in [-0.15, -0.1) is 0 Å². The van der Waals surface area contributed by atoms with E-state index in [-0.39, 0.29) is 6.04 Å². The maximum absolute atomic E-state index is 6.37. The van der Waals surface area contributed by atoms with Gasteiger partial charge < -0.3 is 10.3 Å². The number of pyridine rings is 1. The van der Waals surface area contributed by atoms with Crippen LogP contribution in [0, 0.1) is 13.8 Å². The van der Waals surface area contributed by atoms with Gasteiger partial charge in [-0.2, -0.15) is 0 Å². The van der Waals surface area contributed by atoms with E-state index in [1.165, 1.54) is 0 Å². The lowest BCUT2D eigenvalue weighted by Crippen LogP contribution is -2.16. The van der Waals surface area contributed by atoms with Crippen molar-refractivity contribution in [1.29, 1.82) is 0 Å². The van der Waals surface area contributed by atoms with Crippen LogP contribution in [-0.4, -0.2) is 14.5 Å². The molecule has 0 amide bonds. The Kier molecular flexibility index (Phi) is 3.47. The van der Waals surface area contributed by atoms with Gasteiger partial charge in [-0.25, -0.2) is 4.98 Å². The van der Waals surface area contributed by atoms with Crippen LogP contribution in [0.15, 0.2) is 36.4 Å². The minimum atomic E-state index is -0.0686. The third-order valence-electron chi connectivity index (χ3n) is 3.81. The van der Waals surface area contributed by atoms with E-state index in [2.05, 4.69) is 32.7 Å².